The highest BCUT2D eigenvalue weighted by Crippen LogP contribution is 2.21. The smallest absolute Gasteiger partial charge is 0.259 e. The zero-order valence-corrected chi connectivity index (χ0v) is 11.5. The highest BCUT2D eigenvalue weighted by molar-refractivity contribution is 7.71. The molecule has 0 saturated carbocycles. The maximum Gasteiger partial charge on any atom is 0.349 e. The maximum atomic E-state index is 12.0. The van der Waals surface area contributed by atoms with Crippen molar-refractivity contribution in [2.75, 3.05) is 0 Å². The van der Waals surface area contributed by atoms with Gasteiger partial charge in [-0.3, -0.25) is 4.68 Å². The third-order valence-electron chi connectivity index (χ3n) is 2.49. The summed E-state index contributed by atoms with van der Waals surface area (Å²) in [7, 11) is 3.35. The summed E-state index contributed by atoms with van der Waals surface area (Å²) >= 11 is 17.0. The predicted molar refractivity (Wildman–Crippen MR) is 70.8 cm³/mol. The van der Waals surface area contributed by atoms with Crippen LogP contribution < -0.4 is 5.69 Å². The second kappa shape index (κ2) is 4.33. The third-order valence-corrected chi connectivity index (χ3v) is 3.37. The summed E-state index contributed by atoms with van der Waals surface area (Å²) in [6.07, 6.45) is 0. The van der Waals surface area contributed by atoms with E-state index >= 15 is 0 Å². The molecule has 0 aliphatic carbocycles. The van der Waals surface area contributed by atoms with Crippen molar-refractivity contribution >= 4 is 35.4 Å². The number of aromatic nitrogens is 3. The van der Waals surface area contributed by atoms with E-state index in [-0.39, 0.29) is 5.69 Å². The first-order chi connectivity index (χ1) is 7.91. The molecule has 0 atom stereocenters. The molecular formula is C10H9Cl2N3OS. The Kier molecular flexibility index (Phi) is 3.16. The minimum atomic E-state index is -0.240. The molecule has 1 aromatic heterocycles. The molecule has 0 fully saturated rings. The fourth-order valence-electron chi connectivity index (χ4n) is 1.52. The van der Waals surface area contributed by atoms with E-state index in [1.807, 2.05) is 0 Å². The standard InChI is InChI=1S/C10H9Cl2N3OS/c1-13-9(16)15(10(17)14(13)2)8-4-6(11)3-7(12)5-8/h3-5H,1-2H3. The molecule has 1 heterocycles. The van der Waals surface area contributed by atoms with Crippen molar-refractivity contribution in [2.24, 2.45) is 14.1 Å². The lowest BCUT2D eigenvalue weighted by Gasteiger charge is -2.02. The molecule has 0 amide bonds. The van der Waals surface area contributed by atoms with Crippen molar-refractivity contribution in [1.82, 2.24) is 13.9 Å². The Bertz CT molecular complexity index is 645. The van der Waals surface area contributed by atoms with E-state index in [4.69, 9.17) is 35.4 Å². The summed E-state index contributed by atoms with van der Waals surface area (Å²) in [4.78, 5) is 12.0. The lowest BCUT2D eigenvalue weighted by atomic mass is 10.3. The van der Waals surface area contributed by atoms with Gasteiger partial charge in [0.15, 0.2) is 0 Å². The molecule has 1 aromatic carbocycles. The first-order valence-corrected chi connectivity index (χ1v) is 5.89. The van der Waals surface area contributed by atoms with Crippen molar-refractivity contribution in [3.63, 3.8) is 0 Å². The maximum absolute atomic E-state index is 12.0. The second-order valence-corrected chi connectivity index (χ2v) is 4.81. The van der Waals surface area contributed by atoms with E-state index in [2.05, 4.69) is 0 Å². The number of rotatable bonds is 1. The van der Waals surface area contributed by atoms with Crippen LogP contribution in [0.25, 0.3) is 5.69 Å². The Labute approximate surface area is 113 Å². The molecule has 17 heavy (non-hydrogen) atoms. The molecule has 2 aromatic rings. The number of halogens is 2. The van der Waals surface area contributed by atoms with E-state index in [0.29, 0.717) is 20.5 Å². The van der Waals surface area contributed by atoms with E-state index in [0.717, 1.165) is 0 Å². The summed E-state index contributed by atoms with van der Waals surface area (Å²) < 4.78 is 4.76. The van der Waals surface area contributed by atoms with Gasteiger partial charge < -0.3 is 0 Å². The molecule has 0 aliphatic heterocycles. The Morgan fingerprint density at radius 3 is 2.00 bits per heavy atom. The van der Waals surface area contributed by atoms with Gasteiger partial charge in [0.1, 0.15) is 0 Å². The highest BCUT2D eigenvalue weighted by atomic mass is 35.5. The van der Waals surface area contributed by atoms with Gasteiger partial charge in [-0.05, 0) is 30.4 Å². The van der Waals surface area contributed by atoms with Gasteiger partial charge in [0.05, 0.1) is 5.69 Å². The fraction of sp³-hybridized carbons (Fsp3) is 0.200. The molecular weight excluding hydrogens is 281 g/mol. The average Bonchev–Trinajstić information content (AvgIpc) is 2.42. The molecule has 7 heteroatoms. The van der Waals surface area contributed by atoms with Crippen LogP contribution in [0.1, 0.15) is 0 Å². The van der Waals surface area contributed by atoms with Gasteiger partial charge in [0, 0.05) is 24.1 Å². The number of nitrogens with zero attached hydrogens (tertiary/aromatic N) is 3. The number of hydrogen-bond acceptors (Lipinski definition) is 2. The van der Waals surface area contributed by atoms with Crippen molar-refractivity contribution in [2.45, 2.75) is 0 Å². The topological polar surface area (TPSA) is 31.9 Å². The second-order valence-electron chi connectivity index (χ2n) is 3.58. The van der Waals surface area contributed by atoms with Gasteiger partial charge >= 0.3 is 5.69 Å². The van der Waals surface area contributed by atoms with Gasteiger partial charge in [-0.25, -0.2) is 14.0 Å². The number of hydrogen-bond donors (Lipinski definition) is 0. The van der Waals surface area contributed by atoms with Crippen molar-refractivity contribution in [3.8, 4) is 5.69 Å². The van der Waals surface area contributed by atoms with E-state index in [1.165, 1.54) is 9.25 Å². The first kappa shape index (κ1) is 12.4. The van der Waals surface area contributed by atoms with Crippen LogP contribution >= 0.6 is 35.4 Å². The van der Waals surface area contributed by atoms with Crippen molar-refractivity contribution in [1.29, 1.82) is 0 Å². The molecule has 0 unspecified atom stereocenters. The number of benzene rings is 1. The van der Waals surface area contributed by atoms with E-state index in [9.17, 15) is 4.79 Å². The highest BCUT2D eigenvalue weighted by Gasteiger charge is 2.10. The van der Waals surface area contributed by atoms with Gasteiger partial charge in [0.25, 0.3) is 0 Å². The van der Waals surface area contributed by atoms with Crippen LogP contribution in [0.3, 0.4) is 0 Å². The molecule has 0 bridgehead atoms. The molecule has 4 nitrogen and oxygen atoms in total. The van der Waals surface area contributed by atoms with Crippen molar-refractivity contribution < 1.29 is 0 Å². The molecule has 2 rings (SSSR count). The monoisotopic (exact) mass is 289 g/mol. The van der Waals surface area contributed by atoms with Gasteiger partial charge in [-0.15, -0.1) is 0 Å². The predicted octanol–water partition coefficient (Wildman–Crippen LogP) is 2.55. The lowest BCUT2D eigenvalue weighted by Crippen LogP contribution is -2.23. The Balaban J connectivity index is 2.82. The summed E-state index contributed by atoms with van der Waals surface area (Å²) in [6.45, 7) is 0. The summed E-state index contributed by atoms with van der Waals surface area (Å²) in [5.41, 5.74) is 0.324. The van der Waals surface area contributed by atoms with E-state index < -0.39 is 0 Å². The SMILES string of the molecule is Cn1c(=O)n(-c2cc(Cl)cc(Cl)c2)c(=S)n1C. The van der Waals surface area contributed by atoms with Crippen LogP contribution in [0.4, 0.5) is 0 Å². The van der Waals surface area contributed by atoms with Crippen LogP contribution in [0.2, 0.25) is 10.0 Å². The molecule has 0 saturated heterocycles. The molecule has 0 radical (unpaired) electrons. The van der Waals surface area contributed by atoms with Gasteiger partial charge in [-0.1, -0.05) is 23.2 Å². The van der Waals surface area contributed by atoms with Crippen LogP contribution in [0, 0.1) is 4.77 Å². The third kappa shape index (κ3) is 2.06. The lowest BCUT2D eigenvalue weighted by molar-refractivity contribution is 0.573. The minimum Gasteiger partial charge on any atom is -0.259 e. The first-order valence-electron chi connectivity index (χ1n) is 4.73. The molecule has 0 aliphatic rings. The largest absolute Gasteiger partial charge is 0.349 e. The van der Waals surface area contributed by atoms with Crippen LogP contribution in [-0.4, -0.2) is 13.9 Å². The van der Waals surface area contributed by atoms with Crippen LogP contribution in [0.15, 0.2) is 23.0 Å². The molecule has 0 spiro atoms. The fourth-order valence-corrected chi connectivity index (χ4v) is 2.34. The summed E-state index contributed by atoms with van der Waals surface area (Å²) in [5, 5.41) is 0.917. The zero-order chi connectivity index (χ0) is 12.7. The summed E-state index contributed by atoms with van der Waals surface area (Å²) in [5.74, 6) is 0. The Hall–Kier alpha value is -1.04. The quantitative estimate of drug-likeness (QED) is 0.756. The average molecular weight is 290 g/mol. The van der Waals surface area contributed by atoms with Gasteiger partial charge in [0.2, 0.25) is 4.77 Å². The molecule has 0 N–H and O–H groups in total. The Morgan fingerprint density at radius 2 is 1.59 bits per heavy atom. The Morgan fingerprint density at radius 1 is 1.06 bits per heavy atom. The van der Waals surface area contributed by atoms with Crippen LogP contribution in [-0.2, 0) is 14.1 Å². The van der Waals surface area contributed by atoms with E-state index in [1.54, 1.807) is 37.0 Å². The summed E-state index contributed by atoms with van der Waals surface area (Å²) in [6, 6.07) is 4.89. The van der Waals surface area contributed by atoms with Crippen molar-refractivity contribution in [3.05, 3.63) is 43.5 Å². The normalized spacial score (nSPS) is 10.8. The van der Waals surface area contributed by atoms with Crippen LogP contribution in [0.5, 0.6) is 0 Å². The van der Waals surface area contributed by atoms with Gasteiger partial charge in [-0.2, -0.15) is 0 Å². The minimum absolute atomic E-state index is 0.240. The molecule has 90 valence electrons. The zero-order valence-electron chi connectivity index (χ0n) is 9.15.